The molecule has 0 bridgehead atoms. The van der Waals surface area contributed by atoms with Crippen LogP contribution in [0.4, 0.5) is 0 Å². The Bertz CT molecular complexity index is 601. The quantitative estimate of drug-likeness (QED) is 0.571. The van der Waals surface area contributed by atoms with Crippen molar-refractivity contribution in [2.24, 2.45) is 11.8 Å². The minimum atomic E-state index is -0.995. The van der Waals surface area contributed by atoms with E-state index >= 15 is 0 Å². The summed E-state index contributed by atoms with van der Waals surface area (Å²) in [5.74, 6) is 0.0139. The molecule has 1 fully saturated rings. The van der Waals surface area contributed by atoms with Gasteiger partial charge in [-0.05, 0) is 61.1 Å². The topological polar surface area (TPSA) is 66.4 Å². The molecule has 1 aliphatic carbocycles. The molecule has 1 atom stereocenters. The number of carbonyl (C=O) groups is 2. The fraction of sp³-hybridized carbons (Fsp3) is 0.652. The van der Waals surface area contributed by atoms with E-state index in [1.54, 1.807) is 13.8 Å². The highest BCUT2D eigenvalue weighted by Gasteiger charge is 2.25. The van der Waals surface area contributed by atoms with Crippen LogP contribution in [0.2, 0.25) is 0 Å². The number of unbranched alkanes of at least 4 members (excludes halogenated alkanes) is 2. The highest BCUT2D eigenvalue weighted by molar-refractivity contribution is 5.96. The van der Waals surface area contributed by atoms with Crippen molar-refractivity contribution in [1.29, 1.82) is 0 Å². The second-order valence-corrected chi connectivity index (χ2v) is 8.37. The van der Waals surface area contributed by atoms with Crippen molar-refractivity contribution in [2.75, 3.05) is 0 Å². The van der Waals surface area contributed by atoms with Crippen molar-refractivity contribution in [3.05, 3.63) is 35.4 Å². The molecule has 1 aromatic rings. The first kappa shape index (κ1) is 21.5. The van der Waals surface area contributed by atoms with Gasteiger partial charge in [-0.1, -0.05) is 58.6 Å². The lowest BCUT2D eigenvalue weighted by molar-refractivity contribution is -0.140. The largest absolute Gasteiger partial charge is 0.480 e. The summed E-state index contributed by atoms with van der Waals surface area (Å²) in [5.41, 5.74) is 1.83. The second-order valence-electron chi connectivity index (χ2n) is 8.37. The van der Waals surface area contributed by atoms with Crippen LogP contribution in [0.1, 0.15) is 94.0 Å². The molecule has 1 saturated carbocycles. The number of rotatable bonds is 9. The fourth-order valence-corrected chi connectivity index (χ4v) is 4.11. The number of benzene rings is 1. The number of carbonyl (C=O) groups excluding carboxylic acids is 1. The smallest absolute Gasteiger partial charge is 0.326 e. The van der Waals surface area contributed by atoms with Gasteiger partial charge >= 0.3 is 5.97 Å². The van der Waals surface area contributed by atoms with Gasteiger partial charge in [0, 0.05) is 5.56 Å². The minimum absolute atomic E-state index is 0.154. The molecule has 1 aliphatic rings. The average molecular weight is 374 g/mol. The van der Waals surface area contributed by atoms with E-state index in [-0.39, 0.29) is 11.8 Å². The van der Waals surface area contributed by atoms with E-state index in [4.69, 9.17) is 0 Å². The van der Waals surface area contributed by atoms with E-state index in [1.807, 2.05) is 24.3 Å². The average Bonchev–Trinajstić information content (AvgIpc) is 2.66. The van der Waals surface area contributed by atoms with Crippen LogP contribution in [0.25, 0.3) is 0 Å². The Morgan fingerprint density at radius 3 is 2.22 bits per heavy atom. The van der Waals surface area contributed by atoms with Gasteiger partial charge in [0.05, 0.1) is 0 Å². The third-order valence-electron chi connectivity index (χ3n) is 5.93. The monoisotopic (exact) mass is 373 g/mol. The number of carboxylic acid groups (broad SMARTS) is 1. The first-order chi connectivity index (χ1) is 12.9. The van der Waals surface area contributed by atoms with Gasteiger partial charge in [0.2, 0.25) is 0 Å². The maximum absolute atomic E-state index is 12.3. The van der Waals surface area contributed by atoms with E-state index < -0.39 is 12.0 Å². The summed E-state index contributed by atoms with van der Waals surface area (Å²) in [6, 6.07) is 6.89. The predicted octanol–water partition coefficient (Wildman–Crippen LogP) is 5.38. The predicted molar refractivity (Wildman–Crippen MR) is 109 cm³/mol. The highest BCUT2D eigenvalue weighted by atomic mass is 16.4. The SMILES string of the molecule is CCCCCC1CCC(c2ccc(C(=O)N[C@H](C(=O)O)C(C)C)cc2)CC1. The van der Waals surface area contributed by atoms with E-state index in [1.165, 1.54) is 56.9 Å². The van der Waals surface area contributed by atoms with Gasteiger partial charge in [-0.3, -0.25) is 4.79 Å². The number of carboxylic acids is 1. The first-order valence-electron chi connectivity index (χ1n) is 10.6. The van der Waals surface area contributed by atoms with Crippen molar-refractivity contribution in [3.8, 4) is 0 Å². The lowest BCUT2D eigenvalue weighted by Gasteiger charge is -2.29. The van der Waals surface area contributed by atoms with Crippen molar-refractivity contribution in [1.82, 2.24) is 5.32 Å². The summed E-state index contributed by atoms with van der Waals surface area (Å²) in [6.07, 6.45) is 10.5. The maximum Gasteiger partial charge on any atom is 0.326 e. The fourth-order valence-electron chi connectivity index (χ4n) is 4.11. The molecule has 0 heterocycles. The number of nitrogens with one attached hydrogen (secondary N) is 1. The molecule has 4 heteroatoms. The Kier molecular flexibility index (Phi) is 8.33. The van der Waals surface area contributed by atoms with Crippen LogP contribution in [0.15, 0.2) is 24.3 Å². The second kappa shape index (κ2) is 10.5. The molecule has 0 spiro atoms. The number of hydrogen-bond acceptors (Lipinski definition) is 2. The maximum atomic E-state index is 12.3. The summed E-state index contributed by atoms with van der Waals surface area (Å²) in [6.45, 7) is 5.84. The van der Waals surface area contributed by atoms with Gasteiger partial charge in [0.15, 0.2) is 0 Å². The summed E-state index contributed by atoms with van der Waals surface area (Å²) >= 11 is 0. The van der Waals surface area contributed by atoms with Crippen LogP contribution < -0.4 is 5.32 Å². The number of hydrogen-bond donors (Lipinski definition) is 2. The van der Waals surface area contributed by atoms with E-state index in [9.17, 15) is 14.7 Å². The van der Waals surface area contributed by atoms with Crippen molar-refractivity contribution in [2.45, 2.75) is 84.1 Å². The normalized spacial score (nSPS) is 21.0. The van der Waals surface area contributed by atoms with Crippen molar-refractivity contribution < 1.29 is 14.7 Å². The van der Waals surface area contributed by atoms with E-state index in [0.717, 1.165) is 5.92 Å². The molecule has 2 N–H and O–H groups in total. The Morgan fingerprint density at radius 1 is 1.07 bits per heavy atom. The lowest BCUT2D eigenvalue weighted by atomic mass is 9.77. The summed E-state index contributed by atoms with van der Waals surface area (Å²) in [4.78, 5) is 23.6. The molecule has 0 aromatic heterocycles. The zero-order valence-electron chi connectivity index (χ0n) is 17.0. The molecule has 27 heavy (non-hydrogen) atoms. The Morgan fingerprint density at radius 2 is 1.70 bits per heavy atom. The van der Waals surface area contributed by atoms with Crippen molar-refractivity contribution >= 4 is 11.9 Å². The molecule has 150 valence electrons. The third-order valence-corrected chi connectivity index (χ3v) is 5.93. The van der Waals surface area contributed by atoms with Crippen LogP contribution in [-0.2, 0) is 4.79 Å². The van der Waals surface area contributed by atoms with Gasteiger partial charge in [0.25, 0.3) is 5.91 Å². The van der Waals surface area contributed by atoms with Crippen LogP contribution in [0, 0.1) is 11.8 Å². The van der Waals surface area contributed by atoms with Crippen LogP contribution in [0.3, 0.4) is 0 Å². The van der Waals surface area contributed by atoms with Crippen LogP contribution >= 0.6 is 0 Å². The van der Waals surface area contributed by atoms with Crippen LogP contribution in [-0.4, -0.2) is 23.0 Å². The molecule has 0 unspecified atom stereocenters. The van der Waals surface area contributed by atoms with E-state index in [2.05, 4.69) is 12.2 Å². The molecule has 1 amide bonds. The Hall–Kier alpha value is -1.84. The molecular weight excluding hydrogens is 338 g/mol. The molecule has 1 aromatic carbocycles. The Labute approximate surface area is 163 Å². The Balaban J connectivity index is 1.88. The molecule has 2 rings (SSSR count). The molecule has 4 nitrogen and oxygen atoms in total. The third kappa shape index (κ3) is 6.37. The zero-order valence-corrected chi connectivity index (χ0v) is 17.0. The highest BCUT2D eigenvalue weighted by Crippen LogP contribution is 2.37. The molecular formula is C23H35NO3. The summed E-state index contributed by atoms with van der Waals surface area (Å²) in [5, 5.41) is 11.9. The van der Waals surface area contributed by atoms with Gasteiger partial charge in [0.1, 0.15) is 6.04 Å². The molecule has 0 saturated heterocycles. The van der Waals surface area contributed by atoms with Gasteiger partial charge in [-0.25, -0.2) is 4.79 Å². The minimum Gasteiger partial charge on any atom is -0.480 e. The van der Waals surface area contributed by atoms with Crippen molar-refractivity contribution in [3.63, 3.8) is 0 Å². The molecule has 0 radical (unpaired) electrons. The first-order valence-corrected chi connectivity index (χ1v) is 10.6. The zero-order chi connectivity index (χ0) is 19.8. The number of amides is 1. The van der Waals surface area contributed by atoms with Gasteiger partial charge < -0.3 is 10.4 Å². The summed E-state index contributed by atoms with van der Waals surface area (Å²) in [7, 11) is 0. The summed E-state index contributed by atoms with van der Waals surface area (Å²) < 4.78 is 0. The number of aliphatic carboxylic acids is 1. The van der Waals surface area contributed by atoms with Gasteiger partial charge in [-0.2, -0.15) is 0 Å². The lowest BCUT2D eigenvalue weighted by Crippen LogP contribution is -2.44. The van der Waals surface area contributed by atoms with E-state index in [0.29, 0.717) is 11.5 Å². The van der Waals surface area contributed by atoms with Crippen LogP contribution in [0.5, 0.6) is 0 Å². The molecule has 0 aliphatic heterocycles. The standard InChI is InChI=1S/C23H35NO3/c1-4-5-6-7-17-8-10-18(11-9-17)19-12-14-20(15-13-19)22(25)24-21(16(2)3)23(26)27/h12-18,21H,4-11H2,1-3H3,(H,24,25)(H,26,27)/t17?,18?,21-/m0/s1. The van der Waals surface area contributed by atoms with Gasteiger partial charge in [-0.15, -0.1) is 0 Å².